The van der Waals surface area contributed by atoms with Crippen LogP contribution in [0.25, 0.3) is 6.08 Å². The molecular formula is C19H19F2NO3. The Labute approximate surface area is 145 Å². The first-order valence-corrected chi connectivity index (χ1v) is 7.70. The molecule has 0 saturated carbocycles. The van der Waals surface area contributed by atoms with Crippen LogP contribution >= 0.6 is 0 Å². The number of halogens is 2. The van der Waals surface area contributed by atoms with Crippen molar-refractivity contribution in [2.24, 2.45) is 0 Å². The maximum absolute atomic E-state index is 12.1. The van der Waals surface area contributed by atoms with Gasteiger partial charge in [0.05, 0.1) is 7.11 Å². The Balaban J connectivity index is 1.75. The molecule has 25 heavy (non-hydrogen) atoms. The minimum absolute atomic E-state index is 0.116. The SMILES string of the molecule is COc1ccc(/C=C/C(=O)NCCc2ccc(OC(F)F)cc2)cc1. The van der Waals surface area contributed by atoms with Gasteiger partial charge in [-0.1, -0.05) is 24.3 Å². The van der Waals surface area contributed by atoms with Gasteiger partial charge in [-0.3, -0.25) is 4.79 Å². The van der Waals surface area contributed by atoms with Gasteiger partial charge in [-0.25, -0.2) is 0 Å². The molecule has 6 heteroatoms. The van der Waals surface area contributed by atoms with Gasteiger partial charge in [0.1, 0.15) is 11.5 Å². The van der Waals surface area contributed by atoms with E-state index in [4.69, 9.17) is 4.74 Å². The average Bonchev–Trinajstić information content (AvgIpc) is 2.61. The van der Waals surface area contributed by atoms with Crippen molar-refractivity contribution in [2.45, 2.75) is 13.0 Å². The Morgan fingerprint density at radius 1 is 1.08 bits per heavy atom. The molecule has 132 valence electrons. The van der Waals surface area contributed by atoms with Crippen LogP contribution in [0.1, 0.15) is 11.1 Å². The first-order chi connectivity index (χ1) is 12.1. The van der Waals surface area contributed by atoms with E-state index in [9.17, 15) is 13.6 Å². The van der Waals surface area contributed by atoms with E-state index in [-0.39, 0.29) is 11.7 Å². The summed E-state index contributed by atoms with van der Waals surface area (Å²) in [7, 11) is 1.59. The molecule has 0 unspecified atom stereocenters. The molecule has 0 aliphatic heterocycles. The molecule has 4 nitrogen and oxygen atoms in total. The van der Waals surface area contributed by atoms with Gasteiger partial charge in [0.2, 0.25) is 5.91 Å². The monoisotopic (exact) mass is 347 g/mol. The minimum atomic E-state index is -2.83. The van der Waals surface area contributed by atoms with Gasteiger partial charge in [0, 0.05) is 12.6 Å². The van der Waals surface area contributed by atoms with Gasteiger partial charge in [-0.05, 0) is 47.9 Å². The third-order valence-corrected chi connectivity index (χ3v) is 3.40. The summed E-state index contributed by atoms with van der Waals surface area (Å²) in [4.78, 5) is 11.8. The Hall–Kier alpha value is -2.89. The number of benzene rings is 2. The number of carbonyl (C=O) groups is 1. The lowest BCUT2D eigenvalue weighted by Gasteiger charge is -2.06. The zero-order valence-corrected chi connectivity index (χ0v) is 13.7. The van der Waals surface area contributed by atoms with E-state index in [0.717, 1.165) is 16.9 Å². The zero-order valence-electron chi connectivity index (χ0n) is 13.7. The molecule has 0 aromatic heterocycles. The molecule has 0 aliphatic rings. The molecule has 0 atom stereocenters. The highest BCUT2D eigenvalue weighted by molar-refractivity contribution is 5.91. The first kappa shape index (κ1) is 18.4. The highest BCUT2D eigenvalue weighted by atomic mass is 19.3. The predicted octanol–water partition coefficient (Wildman–Crippen LogP) is 3.67. The van der Waals surface area contributed by atoms with E-state index in [1.807, 2.05) is 24.3 Å². The number of amides is 1. The molecule has 2 aromatic carbocycles. The van der Waals surface area contributed by atoms with E-state index >= 15 is 0 Å². The van der Waals surface area contributed by atoms with Gasteiger partial charge in [0.25, 0.3) is 0 Å². The molecule has 0 saturated heterocycles. The number of alkyl halides is 2. The fourth-order valence-corrected chi connectivity index (χ4v) is 2.11. The molecule has 0 aliphatic carbocycles. The van der Waals surface area contributed by atoms with Crippen LogP contribution in [0, 0.1) is 0 Å². The molecule has 0 bridgehead atoms. The van der Waals surface area contributed by atoms with Crippen LogP contribution < -0.4 is 14.8 Å². The third kappa shape index (κ3) is 6.63. The average molecular weight is 347 g/mol. The van der Waals surface area contributed by atoms with Gasteiger partial charge in [-0.15, -0.1) is 0 Å². The van der Waals surface area contributed by atoms with Crippen molar-refractivity contribution in [3.63, 3.8) is 0 Å². The Kier molecular flexibility index (Phi) is 6.95. The van der Waals surface area contributed by atoms with E-state index in [2.05, 4.69) is 10.1 Å². The van der Waals surface area contributed by atoms with Crippen molar-refractivity contribution in [1.82, 2.24) is 5.32 Å². The lowest BCUT2D eigenvalue weighted by molar-refractivity contribution is -0.116. The van der Waals surface area contributed by atoms with Crippen LogP contribution in [0.3, 0.4) is 0 Å². The number of hydrogen-bond donors (Lipinski definition) is 1. The number of carbonyl (C=O) groups excluding carboxylic acids is 1. The summed E-state index contributed by atoms with van der Waals surface area (Å²) in [6.07, 6.45) is 3.77. The fraction of sp³-hybridized carbons (Fsp3) is 0.211. The number of rotatable bonds is 8. The van der Waals surface area contributed by atoms with Crippen LogP contribution in [0.2, 0.25) is 0 Å². The standard InChI is InChI=1S/C19H19F2NO3/c1-24-16-7-2-14(3-8-16)6-11-18(23)22-13-12-15-4-9-17(10-5-15)25-19(20)21/h2-11,19H,12-13H2,1H3,(H,22,23)/b11-6+. The molecule has 0 heterocycles. The molecular weight excluding hydrogens is 328 g/mol. The molecule has 2 aromatic rings. The smallest absolute Gasteiger partial charge is 0.387 e. The number of ether oxygens (including phenoxy) is 2. The van der Waals surface area contributed by atoms with Crippen LogP contribution in [0.15, 0.2) is 54.6 Å². The number of nitrogens with one attached hydrogen (secondary N) is 1. The molecule has 0 spiro atoms. The van der Waals surface area contributed by atoms with Crippen LogP contribution in [0.4, 0.5) is 8.78 Å². The van der Waals surface area contributed by atoms with Crippen molar-refractivity contribution in [3.05, 3.63) is 65.7 Å². The lowest BCUT2D eigenvalue weighted by Crippen LogP contribution is -2.23. The summed E-state index contributed by atoms with van der Waals surface area (Å²) < 4.78 is 33.5. The molecule has 1 N–H and O–H groups in total. The van der Waals surface area contributed by atoms with Crippen LogP contribution in [-0.2, 0) is 11.2 Å². The zero-order chi connectivity index (χ0) is 18.1. The lowest BCUT2D eigenvalue weighted by atomic mass is 10.1. The predicted molar refractivity (Wildman–Crippen MR) is 91.8 cm³/mol. The summed E-state index contributed by atoms with van der Waals surface area (Å²) in [6.45, 7) is -2.39. The summed E-state index contributed by atoms with van der Waals surface area (Å²) in [5.41, 5.74) is 1.81. The van der Waals surface area contributed by atoms with E-state index in [0.29, 0.717) is 13.0 Å². The van der Waals surface area contributed by atoms with Gasteiger partial charge in [0.15, 0.2) is 0 Å². The quantitative estimate of drug-likeness (QED) is 0.741. The van der Waals surface area contributed by atoms with Crippen molar-refractivity contribution >= 4 is 12.0 Å². The number of methoxy groups -OCH3 is 1. The Morgan fingerprint density at radius 3 is 2.32 bits per heavy atom. The van der Waals surface area contributed by atoms with Crippen molar-refractivity contribution in [3.8, 4) is 11.5 Å². The highest BCUT2D eigenvalue weighted by Gasteiger charge is 2.03. The summed E-state index contributed by atoms with van der Waals surface area (Å²) in [6, 6.07) is 13.7. The fourth-order valence-electron chi connectivity index (χ4n) is 2.11. The van der Waals surface area contributed by atoms with Crippen LogP contribution in [-0.4, -0.2) is 26.2 Å². The highest BCUT2D eigenvalue weighted by Crippen LogP contribution is 2.15. The molecule has 0 fully saturated rings. The van der Waals surface area contributed by atoms with Crippen molar-refractivity contribution in [2.75, 3.05) is 13.7 Å². The largest absolute Gasteiger partial charge is 0.497 e. The Bertz CT molecular complexity index is 698. The van der Waals surface area contributed by atoms with Crippen molar-refractivity contribution in [1.29, 1.82) is 0 Å². The molecule has 1 amide bonds. The van der Waals surface area contributed by atoms with Gasteiger partial charge < -0.3 is 14.8 Å². The van der Waals surface area contributed by atoms with Gasteiger partial charge >= 0.3 is 6.61 Å². The molecule has 2 rings (SSSR count). The van der Waals surface area contributed by atoms with Crippen LogP contribution in [0.5, 0.6) is 11.5 Å². The Morgan fingerprint density at radius 2 is 1.72 bits per heavy atom. The normalized spacial score (nSPS) is 10.9. The van der Waals surface area contributed by atoms with Gasteiger partial charge in [-0.2, -0.15) is 8.78 Å². The first-order valence-electron chi connectivity index (χ1n) is 7.70. The summed E-state index contributed by atoms with van der Waals surface area (Å²) in [5.74, 6) is 0.672. The second-order valence-electron chi connectivity index (χ2n) is 5.17. The number of hydrogen-bond acceptors (Lipinski definition) is 3. The summed E-state index contributed by atoms with van der Waals surface area (Å²) >= 11 is 0. The maximum atomic E-state index is 12.1. The topological polar surface area (TPSA) is 47.6 Å². The van der Waals surface area contributed by atoms with Crippen molar-refractivity contribution < 1.29 is 23.0 Å². The summed E-state index contributed by atoms with van der Waals surface area (Å²) in [5, 5.41) is 2.77. The van der Waals surface area contributed by atoms with E-state index in [1.165, 1.54) is 18.2 Å². The maximum Gasteiger partial charge on any atom is 0.387 e. The molecule has 0 radical (unpaired) electrons. The third-order valence-electron chi connectivity index (χ3n) is 3.40. The van der Waals surface area contributed by atoms with E-state index in [1.54, 1.807) is 25.3 Å². The second kappa shape index (κ2) is 9.42. The van der Waals surface area contributed by atoms with E-state index < -0.39 is 6.61 Å². The minimum Gasteiger partial charge on any atom is -0.497 e. The second-order valence-corrected chi connectivity index (χ2v) is 5.17.